The molecule has 0 heterocycles. The molecule has 2 nitrogen and oxygen atoms in total. The standard InChI is InChI=1S/C9H19NO/c1-7(2)11-9-5-4-8(6-9)10-3/h7-10H,4-6H2,1-3H3. The Labute approximate surface area is 69.3 Å². The maximum absolute atomic E-state index is 5.70. The van der Waals surface area contributed by atoms with E-state index in [1.54, 1.807) is 0 Å². The van der Waals surface area contributed by atoms with Gasteiger partial charge in [-0.15, -0.1) is 0 Å². The third-order valence-corrected chi connectivity index (χ3v) is 2.26. The molecule has 0 saturated heterocycles. The number of rotatable bonds is 3. The molecule has 1 saturated carbocycles. The van der Waals surface area contributed by atoms with Crippen molar-refractivity contribution in [1.82, 2.24) is 5.32 Å². The van der Waals surface area contributed by atoms with Gasteiger partial charge in [0.05, 0.1) is 12.2 Å². The molecule has 11 heavy (non-hydrogen) atoms. The van der Waals surface area contributed by atoms with Gasteiger partial charge in [0.25, 0.3) is 0 Å². The van der Waals surface area contributed by atoms with E-state index in [4.69, 9.17) is 4.74 Å². The summed E-state index contributed by atoms with van der Waals surface area (Å²) in [6.07, 6.45) is 4.58. The average Bonchev–Trinajstić information content (AvgIpc) is 2.34. The third kappa shape index (κ3) is 2.80. The van der Waals surface area contributed by atoms with Crippen molar-refractivity contribution in [3.05, 3.63) is 0 Å². The Bertz CT molecular complexity index is 114. The first-order valence-corrected chi connectivity index (χ1v) is 4.55. The number of ether oxygens (including phenoxy) is 1. The predicted molar refractivity (Wildman–Crippen MR) is 46.7 cm³/mol. The van der Waals surface area contributed by atoms with Crippen LogP contribution in [0.25, 0.3) is 0 Å². The van der Waals surface area contributed by atoms with Crippen LogP contribution >= 0.6 is 0 Å². The van der Waals surface area contributed by atoms with Crippen LogP contribution < -0.4 is 5.32 Å². The van der Waals surface area contributed by atoms with Crippen molar-refractivity contribution in [1.29, 1.82) is 0 Å². The van der Waals surface area contributed by atoms with Crippen LogP contribution in [-0.4, -0.2) is 25.3 Å². The Balaban J connectivity index is 2.19. The number of hydrogen-bond donors (Lipinski definition) is 1. The summed E-state index contributed by atoms with van der Waals surface area (Å²) in [5, 5.41) is 3.29. The molecule has 0 radical (unpaired) electrons. The predicted octanol–water partition coefficient (Wildman–Crippen LogP) is 1.55. The minimum atomic E-state index is 0.385. The highest BCUT2D eigenvalue weighted by atomic mass is 16.5. The Morgan fingerprint density at radius 3 is 2.55 bits per heavy atom. The molecular formula is C9H19NO. The Hall–Kier alpha value is -0.0800. The highest BCUT2D eigenvalue weighted by Crippen LogP contribution is 2.22. The second-order valence-electron chi connectivity index (χ2n) is 3.61. The van der Waals surface area contributed by atoms with Crippen LogP contribution in [0.5, 0.6) is 0 Å². The van der Waals surface area contributed by atoms with Gasteiger partial charge in [0.2, 0.25) is 0 Å². The van der Waals surface area contributed by atoms with Crippen molar-refractivity contribution in [2.75, 3.05) is 7.05 Å². The highest BCUT2D eigenvalue weighted by Gasteiger charge is 2.24. The second kappa shape index (κ2) is 4.07. The van der Waals surface area contributed by atoms with Crippen LogP contribution in [0.15, 0.2) is 0 Å². The van der Waals surface area contributed by atoms with Gasteiger partial charge in [0.1, 0.15) is 0 Å². The lowest BCUT2D eigenvalue weighted by Gasteiger charge is -2.14. The minimum absolute atomic E-state index is 0.385. The van der Waals surface area contributed by atoms with Gasteiger partial charge in [-0.2, -0.15) is 0 Å². The van der Waals surface area contributed by atoms with E-state index in [0.29, 0.717) is 18.2 Å². The van der Waals surface area contributed by atoms with E-state index in [1.165, 1.54) is 19.3 Å². The van der Waals surface area contributed by atoms with Crippen molar-refractivity contribution in [2.24, 2.45) is 0 Å². The van der Waals surface area contributed by atoms with Gasteiger partial charge < -0.3 is 10.1 Å². The lowest BCUT2D eigenvalue weighted by atomic mass is 10.2. The molecule has 1 rings (SSSR count). The summed E-state index contributed by atoms with van der Waals surface area (Å²) in [5.74, 6) is 0. The van der Waals surface area contributed by atoms with Gasteiger partial charge in [0, 0.05) is 6.04 Å². The number of hydrogen-bond acceptors (Lipinski definition) is 2. The maximum Gasteiger partial charge on any atom is 0.0594 e. The summed E-state index contributed by atoms with van der Waals surface area (Å²) in [6, 6.07) is 0.693. The molecule has 0 aromatic heterocycles. The largest absolute Gasteiger partial charge is 0.376 e. The van der Waals surface area contributed by atoms with Gasteiger partial charge in [-0.3, -0.25) is 0 Å². The molecule has 0 aliphatic heterocycles. The van der Waals surface area contributed by atoms with E-state index in [2.05, 4.69) is 19.2 Å². The van der Waals surface area contributed by atoms with Crippen molar-refractivity contribution in [3.63, 3.8) is 0 Å². The van der Waals surface area contributed by atoms with Crippen LogP contribution in [0.2, 0.25) is 0 Å². The lowest BCUT2D eigenvalue weighted by molar-refractivity contribution is 0.0114. The van der Waals surface area contributed by atoms with Crippen LogP contribution in [0.4, 0.5) is 0 Å². The van der Waals surface area contributed by atoms with Gasteiger partial charge in [0.15, 0.2) is 0 Å². The van der Waals surface area contributed by atoms with Crippen molar-refractivity contribution in [3.8, 4) is 0 Å². The van der Waals surface area contributed by atoms with Crippen molar-refractivity contribution < 1.29 is 4.74 Å². The van der Waals surface area contributed by atoms with E-state index in [1.807, 2.05) is 7.05 Å². The summed E-state index contributed by atoms with van der Waals surface area (Å²) >= 11 is 0. The van der Waals surface area contributed by atoms with Gasteiger partial charge >= 0.3 is 0 Å². The van der Waals surface area contributed by atoms with E-state index in [-0.39, 0.29) is 0 Å². The van der Waals surface area contributed by atoms with Gasteiger partial charge in [-0.05, 0) is 40.2 Å². The minimum Gasteiger partial charge on any atom is -0.376 e. The van der Waals surface area contributed by atoms with Gasteiger partial charge in [-0.25, -0.2) is 0 Å². The van der Waals surface area contributed by atoms with Crippen LogP contribution in [-0.2, 0) is 4.74 Å². The summed E-state index contributed by atoms with van der Waals surface area (Å²) in [5.41, 5.74) is 0. The van der Waals surface area contributed by atoms with Gasteiger partial charge in [-0.1, -0.05) is 0 Å². The zero-order chi connectivity index (χ0) is 8.27. The molecule has 0 aromatic rings. The highest BCUT2D eigenvalue weighted by molar-refractivity contribution is 4.80. The first-order valence-electron chi connectivity index (χ1n) is 4.55. The second-order valence-corrected chi connectivity index (χ2v) is 3.61. The zero-order valence-corrected chi connectivity index (χ0v) is 7.76. The summed E-state index contributed by atoms with van der Waals surface area (Å²) in [4.78, 5) is 0. The molecule has 1 N–H and O–H groups in total. The van der Waals surface area contributed by atoms with Crippen LogP contribution in [0.1, 0.15) is 33.1 Å². The summed E-state index contributed by atoms with van der Waals surface area (Å²) in [7, 11) is 2.03. The SMILES string of the molecule is CNC1CCC(OC(C)C)C1. The normalized spacial score (nSPS) is 31.6. The van der Waals surface area contributed by atoms with Crippen molar-refractivity contribution in [2.45, 2.75) is 51.4 Å². The first-order chi connectivity index (χ1) is 5.22. The summed E-state index contributed by atoms with van der Waals surface area (Å²) < 4.78 is 5.70. The molecule has 2 atom stereocenters. The lowest BCUT2D eigenvalue weighted by Crippen LogP contribution is -2.23. The quantitative estimate of drug-likeness (QED) is 0.671. The molecule has 1 aliphatic rings. The number of nitrogens with one attached hydrogen (secondary N) is 1. The Morgan fingerprint density at radius 1 is 1.36 bits per heavy atom. The fraction of sp³-hybridized carbons (Fsp3) is 1.00. The van der Waals surface area contributed by atoms with Crippen molar-refractivity contribution >= 4 is 0 Å². The van der Waals surface area contributed by atoms with E-state index < -0.39 is 0 Å². The van der Waals surface area contributed by atoms with E-state index in [9.17, 15) is 0 Å². The third-order valence-electron chi connectivity index (χ3n) is 2.26. The smallest absolute Gasteiger partial charge is 0.0594 e. The molecule has 2 heteroatoms. The van der Waals surface area contributed by atoms with Crippen LogP contribution in [0, 0.1) is 0 Å². The molecule has 0 bridgehead atoms. The van der Waals surface area contributed by atoms with E-state index in [0.717, 1.165) is 0 Å². The topological polar surface area (TPSA) is 21.3 Å². The fourth-order valence-corrected chi connectivity index (χ4v) is 1.71. The molecule has 0 amide bonds. The molecule has 2 unspecified atom stereocenters. The Morgan fingerprint density at radius 2 is 2.09 bits per heavy atom. The van der Waals surface area contributed by atoms with E-state index >= 15 is 0 Å². The zero-order valence-electron chi connectivity index (χ0n) is 7.76. The van der Waals surface area contributed by atoms with Crippen LogP contribution in [0.3, 0.4) is 0 Å². The molecule has 0 spiro atoms. The summed E-state index contributed by atoms with van der Waals surface area (Å²) in [6.45, 7) is 4.21. The molecule has 1 aliphatic carbocycles. The average molecular weight is 157 g/mol. The molecule has 66 valence electrons. The Kier molecular flexibility index (Phi) is 3.34. The fourth-order valence-electron chi connectivity index (χ4n) is 1.71. The maximum atomic E-state index is 5.70. The molecule has 0 aromatic carbocycles. The molecule has 1 fully saturated rings. The first kappa shape index (κ1) is 9.01. The molecular weight excluding hydrogens is 138 g/mol. The monoisotopic (exact) mass is 157 g/mol.